The van der Waals surface area contributed by atoms with Gasteiger partial charge in [0.2, 0.25) is 0 Å². The number of nitrogens with one attached hydrogen (secondary N) is 1. The van der Waals surface area contributed by atoms with Gasteiger partial charge >= 0.3 is 0 Å². The van der Waals surface area contributed by atoms with Gasteiger partial charge in [0.05, 0.1) is 17.7 Å². The lowest BCUT2D eigenvalue weighted by atomic mass is 10.2. The summed E-state index contributed by atoms with van der Waals surface area (Å²) in [5.74, 6) is 3.29. The van der Waals surface area contributed by atoms with E-state index >= 15 is 0 Å². The fourth-order valence-electron chi connectivity index (χ4n) is 2.28. The molecule has 1 saturated heterocycles. The maximum atomic E-state index is 12.2. The zero-order chi connectivity index (χ0) is 19.2. The molecular weight excluding hydrogens is 384 g/mol. The number of methoxy groups -OCH3 is 1. The molecule has 1 amide bonds. The summed E-state index contributed by atoms with van der Waals surface area (Å²) in [6.45, 7) is 0.152. The lowest BCUT2D eigenvalue weighted by molar-refractivity contribution is -0.115. The van der Waals surface area contributed by atoms with E-state index in [9.17, 15) is 4.79 Å². The van der Waals surface area contributed by atoms with Crippen LogP contribution < -0.4 is 14.8 Å². The topological polar surface area (TPSA) is 59.9 Å². The van der Waals surface area contributed by atoms with E-state index in [0.717, 1.165) is 5.56 Å². The Kier molecular flexibility index (Phi) is 6.07. The van der Waals surface area contributed by atoms with E-state index in [4.69, 9.17) is 27.5 Å². The van der Waals surface area contributed by atoms with Crippen molar-refractivity contribution >= 4 is 46.2 Å². The molecular formula is C20H15ClN2O3S. The van der Waals surface area contributed by atoms with Gasteiger partial charge in [-0.1, -0.05) is 23.6 Å². The van der Waals surface area contributed by atoms with Gasteiger partial charge in [0, 0.05) is 5.02 Å². The molecule has 5 nitrogen and oxygen atoms in total. The first kappa shape index (κ1) is 18.9. The van der Waals surface area contributed by atoms with Crippen LogP contribution >= 0.6 is 23.4 Å². The molecule has 2 aromatic carbocycles. The van der Waals surface area contributed by atoms with Crippen molar-refractivity contribution in [3.8, 4) is 23.8 Å². The van der Waals surface area contributed by atoms with Crippen LogP contribution in [0.15, 0.2) is 52.4 Å². The minimum Gasteiger partial charge on any atom is -0.493 e. The SMILES string of the molecule is C#CCOc1ccc(/C=C2\SC(=Nc3ccc(Cl)cc3)NC2=O)cc1OC. The number of ether oxygens (including phenoxy) is 2. The summed E-state index contributed by atoms with van der Waals surface area (Å²) < 4.78 is 10.7. The first-order chi connectivity index (χ1) is 13.1. The van der Waals surface area contributed by atoms with Gasteiger partial charge in [-0.25, -0.2) is 4.99 Å². The van der Waals surface area contributed by atoms with Crippen molar-refractivity contribution in [3.63, 3.8) is 0 Å². The molecule has 7 heteroatoms. The van der Waals surface area contributed by atoms with Gasteiger partial charge in [-0.2, -0.15) is 0 Å². The van der Waals surface area contributed by atoms with Gasteiger partial charge in [-0.15, -0.1) is 6.42 Å². The van der Waals surface area contributed by atoms with Crippen LogP contribution in [0.3, 0.4) is 0 Å². The summed E-state index contributed by atoms with van der Waals surface area (Å²) >= 11 is 7.13. The molecule has 1 fully saturated rings. The normalized spacial score (nSPS) is 16.3. The van der Waals surface area contributed by atoms with E-state index in [-0.39, 0.29) is 12.5 Å². The highest BCUT2D eigenvalue weighted by atomic mass is 35.5. The van der Waals surface area contributed by atoms with Crippen LogP contribution in [0.4, 0.5) is 5.69 Å². The number of aliphatic imine (C=N–C) groups is 1. The van der Waals surface area contributed by atoms with Crippen LogP contribution in [0.5, 0.6) is 11.5 Å². The number of amidine groups is 1. The maximum Gasteiger partial charge on any atom is 0.264 e. The minimum absolute atomic E-state index is 0.152. The number of benzene rings is 2. The van der Waals surface area contributed by atoms with Crippen LogP contribution in [0.1, 0.15) is 5.56 Å². The Bertz CT molecular complexity index is 962. The summed E-state index contributed by atoms with van der Waals surface area (Å²) in [7, 11) is 1.54. The summed E-state index contributed by atoms with van der Waals surface area (Å²) in [6.07, 6.45) is 6.97. The molecule has 0 spiro atoms. The number of amides is 1. The number of thioether (sulfide) groups is 1. The molecule has 0 radical (unpaired) electrons. The van der Waals surface area contributed by atoms with Crippen molar-refractivity contribution < 1.29 is 14.3 Å². The quantitative estimate of drug-likeness (QED) is 0.604. The Morgan fingerprint density at radius 1 is 1.26 bits per heavy atom. The average molecular weight is 399 g/mol. The number of carbonyl (C=O) groups excluding carboxylic acids is 1. The van der Waals surface area contributed by atoms with Crippen LogP contribution in [0, 0.1) is 12.3 Å². The zero-order valence-corrected chi connectivity index (χ0v) is 15.9. The van der Waals surface area contributed by atoms with E-state index < -0.39 is 0 Å². The largest absolute Gasteiger partial charge is 0.493 e. The number of rotatable bonds is 5. The predicted molar refractivity (Wildman–Crippen MR) is 110 cm³/mol. The molecule has 3 rings (SSSR count). The number of nitrogens with zero attached hydrogens (tertiary/aromatic N) is 1. The standard InChI is InChI=1S/C20H15ClN2O3S/c1-3-10-26-16-9-4-13(11-17(16)25-2)12-18-19(24)23-20(27-18)22-15-7-5-14(21)6-8-15/h1,4-9,11-12H,10H2,2H3,(H,22,23,24)/b18-12-. The fourth-order valence-corrected chi connectivity index (χ4v) is 3.25. The number of hydrogen-bond acceptors (Lipinski definition) is 5. The molecule has 27 heavy (non-hydrogen) atoms. The molecule has 2 aromatic rings. The molecule has 0 aromatic heterocycles. The van der Waals surface area contributed by atoms with E-state index in [1.165, 1.54) is 11.8 Å². The molecule has 1 heterocycles. The van der Waals surface area contributed by atoms with Crippen LogP contribution in [-0.4, -0.2) is 24.8 Å². The van der Waals surface area contributed by atoms with Gasteiger partial charge in [-0.05, 0) is 59.8 Å². The van der Waals surface area contributed by atoms with E-state index in [1.807, 2.05) is 6.07 Å². The van der Waals surface area contributed by atoms with Crippen LogP contribution in [0.2, 0.25) is 5.02 Å². The van der Waals surface area contributed by atoms with Crippen molar-refractivity contribution in [2.75, 3.05) is 13.7 Å². The first-order valence-corrected chi connectivity index (χ1v) is 9.08. The summed E-state index contributed by atoms with van der Waals surface area (Å²) in [6, 6.07) is 12.4. The van der Waals surface area contributed by atoms with Gasteiger partial charge in [0.25, 0.3) is 5.91 Å². The second-order valence-electron chi connectivity index (χ2n) is 5.36. The van der Waals surface area contributed by atoms with Crippen molar-refractivity contribution in [2.24, 2.45) is 4.99 Å². The predicted octanol–water partition coefficient (Wildman–Crippen LogP) is 4.25. The van der Waals surface area contributed by atoms with Gasteiger partial charge in [-0.3, -0.25) is 4.79 Å². The van der Waals surface area contributed by atoms with Crippen molar-refractivity contribution in [1.29, 1.82) is 0 Å². The second kappa shape index (κ2) is 8.67. The van der Waals surface area contributed by atoms with Gasteiger partial charge in [0.1, 0.15) is 6.61 Å². The smallest absolute Gasteiger partial charge is 0.264 e. The third kappa shape index (κ3) is 4.85. The number of hydrogen-bond donors (Lipinski definition) is 1. The fraction of sp³-hybridized carbons (Fsp3) is 0.100. The maximum absolute atomic E-state index is 12.2. The molecule has 1 aliphatic heterocycles. The van der Waals surface area contributed by atoms with Gasteiger partial charge in [0.15, 0.2) is 16.7 Å². The molecule has 0 aliphatic carbocycles. The molecule has 1 aliphatic rings. The number of halogens is 1. The minimum atomic E-state index is -0.209. The Balaban J connectivity index is 1.80. The highest BCUT2D eigenvalue weighted by molar-refractivity contribution is 8.18. The van der Waals surface area contributed by atoms with Crippen LogP contribution in [-0.2, 0) is 4.79 Å². The van der Waals surface area contributed by atoms with Crippen molar-refractivity contribution in [2.45, 2.75) is 0 Å². The second-order valence-corrected chi connectivity index (χ2v) is 6.83. The Morgan fingerprint density at radius 3 is 2.74 bits per heavy atom. The molecule has 0 bridgehead atoms. The Hall–Kier alpha value is -2.88. The summed E-state index contributed by atoms with van der Waals surface area (Å²) in [4.78, 5) is 17.2. The zero-order valence-electron chi connectivity index (χ0n) is 14.4. The van der Waals surface area contributed by atoms with Crippen LogP contribution in [0.25, 0.3) is 6.08 Å². The Morgan fingerprint density at radius 2 is 2.04 bits per heavy atom. The highest BCUT2D eigenvalue weighted by Crippen LogP contribution is 2.32. The molecule has 0 unspecified atom stereocenters. The monoisotopic (exact) mass is 398 g/mol. The summed E-state index contributed by atoms with van der Waals surface area (Å²) in [5, 5.41) is 3.89. The highest BCUT2D eigenvalue weighted by Gasteiger charge is 2.24. The van der Waals surface area contributed by atoms with Crippen molar-refractivity contribution in [1.82, 2.24) is 5.32 Å². The average Bonchev–Trinajstić information content (AvgIpc) is 3.01. The Labute approximate surface area is 166 Å². The lowest BCUT2D eigenvalue weighted by Crippen LogP contribution is -2.19. The molecule has 0 atom stereocenters. The van der Waals surface area contributed by atoms with E-state index in [2.05, 4.69) is 16.2 Å². The number of terminal acetylenes is 1. The third-order valence-electron chi connectivity index (χ3n) is 3.50. The van der Waals surface area contributed by atoms with E-state index in [1.54, 1.807) is 49.6 Å². The third-order valence-corrected chi connectivity index (χ3v) is 4.67. The molecule has 136 valence electrons. The lowest BCUT2D eigenvalue weighted by Gasteiger charge is -2.09. The van der Waals surface area contributed by atoms with E-state index in [0.29, 0.717) is 32.3 Å². The number of carbonyl (C=O) groups is 1. The molecule has 1 N–H and O–H groups in total. The molecule has 0 saturated carbocycles. The summed E-state index contributed by atoms with van der Waals surface area (Å²) in [5.41, 5.74) is 1.51. The van der Waals surface area contributed by atoms with Gasteiger partial charge < -0.3 is 14.8 Å². The first-order valence-electron chi connectivity index (χ1n) is 7.88. The van der Waals surface area contributed by atoms with Crippen molar-refractivity contribution in [3.05, 3.63) is 58.0 Å².